The highest BCUT2D eigenvalue weighted by Crippen LogP contribution is 2.52. The van der Waals surface area contributed by atoms with E-state index in [4.69, 9.17) is 0 Å². The molecule has 9 aromatic carbocycles. The van der Waals surface area contributed by atoms with E-state index in [0.717, 1.165) is 103 Å². The van der Waals surface area contributed by atoms with Gasteiger partial charge in [0.25, 0.3) is 6.71 Å². The van der Waals surface area contributed by atoms with Gasteiger partial charge in [0.15, 0.2) is 0 Å². The lowest BCUT2D eigenvalue weighted by Crippen LogP contribution is -2.62. The van der Waals surface area contributed by atoms with Gasteiger partial charge in [0.05, 0.1) is 5.69 Å². The molecule has 0 saturated heterocycles. The molecule has 72 heavy (non-hydrogen) atoms. The summed E-state index contributed by atoms with van der Waals surface area (Å²) >= 11 is 0. The van der Waals surface area contributed by atoms with Gasteiger partial charge < -0.3 is 14.7 Å². The number of fused-ring (bicyclic) bond motifs is 5. The minimum Gasteiger partial charge on any atom is -0.311 e. The van der Waals surface area contributed by atoms with Crippen LogP contribution in [0.25, 0.3) is 22.3 Å². The Morgan fingerprint density at radius 3 is 1.58 bits per heavy atom. The van der Waals surface area contributed by atoms with Gasteiger partial charge >= 0.3 is 0 Å². The molecular formula is C68H64BN3. The summed E-state index contributed by atoms with van der Waals surface area (Å²) in [5.41, 5.74) is 22.1. The Morgan fingerprint density at radius 2 is 1.00 bits per heavy atom. The molecular weight excluding hydrogens is 870 g/mol. The van der Waals surface area contributed by atoms with E-state index in [0.29, 0.717) is 5.56 Å². The highest BCUT2D eigenvalue weighted by atomic mass is 15.2. The van der Waals surface area contributed by atoms with Gasteiger partial charge in [0.2, 0.25) is 0 Å². The number of hydrogen-bond acceptors (Lipinski definition) is 3. The lowest BCUT2D eigenvalue weighted by Gasteiger charge is -2.48. The average molecular weight is 937 g/mol. The maximum absolute atomic E-state index is 9.25. The largest absolute Gasteiger partial charge is 0.311 e. The van der Waals surface area contributed by atoms with Crippen LogP contribution in [0.3, 0.4) is 0 Å². The SMILES string of the molecule is [2H]C([2H])([2H])c1cc2c3c(c1)N(c1ccc(C(C)(C)C)cc1-c1ccccc1)c1cc4c(cc1B3c1cc(N(c3ccccc3)c3ccccc3)ccc1N2c1ccc(-c2ccccc2)cc1C)C(C)(C)CCC4(C)C. The summed E-state index contributed by atoms with van der Waals surface area (Å²) in [7, 11) is 0. The minimum atomic E-state index is -2.42. The van der Waals surface area contributed by atoms with Crippen molar-refractivity contribution in [2.24, 2.45) is 0 Å². The fourth-order valence-electron chi connectivity index (χ4n) is 12.1. The van der Waals surface area contributed by atoms with Crippen LogP contribution in [0.4, 0.5) is 51.2 Å². The topological polar surface area (TPSA) is 9.72 Å². The Labute approximate surface area is 432 Å². The van der Waals surface area contributed by atoms with Gasteiger partial charge in [-0.2, -0.15) is 0 Å². The first-order valence-corrected chi connectivity index (χ1v) is 25.8. The van der Waals surface area contributed by atoms with E-state index < -0.39 is 6.85 Å². The molecule has 1 aliphatic carbocycles. The van der Waals surface area contributed by atoms with E-state index in [2.05, 4.69) is 258 Å². The highest BCUT2D eigenvalue weighted by Gasteiger charge is 2.47. The van der Waals surface area contributed by atoms with Gasteiger partial charge in [-0.1, -0.05) is 164 Å². The Morgan fingerprint density at radius 1 is 0.472 bits per heavy atom. The Hall–Kier alpha value is -7.56. The van der Waals surface area contributed by atoms with E-state index in [-0.39, 0.29) is 23.0 Å². The van der Waals surface area contributed by atoms with Gasteiger partial charge in [-0.15, -0.1) is 0 Å². The first-order chi connectivity index (χ1) is 35.9. The molecule has 2 aliphatic heterocycles. The van der Waals surface area contributed by atoms with Crippen LogP contribution < -0.4 is 31.1 Å². The van der Waals surface area contributed by atoms with Crippen molar-refractivity contribution in [2.45, 2.75) is 91.3 Å². The van der Waals surface area contributed by atoms with Crippen LogP contribution >= 0.6 is 0 Å². The first-order valence-electron chi connectivity index (χ1n) is 27.3. The zero-order valence-electron chi connectivity index (χ0n) is 45.9. The minimum absolute atomic E-state index is 0.0805. The van der Waals surface area contributed by atoms with Crippen LogP contribution in [0.15, 0.2) is 200 Å². The van der Waals surface area contributed by atoms with Crippen molar-refractivity contribution in [1.29, 1.82) is 0 Å². The predicted molar refractivity (Wildman–Crippen MR) is 309 cm³/mol. The summed E-state index contributed by atoms with van der Waals surface area (Å²) in [5.74, 6) is 0. The molecule has 0 saturated carbocycles. The third kappa shape index (κ3) is 7.57. The number of benzene rings is 9. The summed E-state index contributed by atoms with van der Waals surface area (Å²) in [5, 5.41) is 0. The van der Waals surface area contributed by atoms with E-state index in [1.165, 1.54) is 22.2 Å². The van der Waals surface area contributed by atoms with Gasteiger partial charge in [-0.25, -0.2) is 0 Å². The molecule has 4 heteroatoms. The van der Waals surface area contributed by atoms with Crippen LogP contribution in [0, 0.1) is 13.8 Å². The smallest absolute Gasteiger partial charge is 0.252 e. The number of nitrogens with zero attached hydrogens (tertiary/aromatic N) is 3. The quantitative estimate of drug-likeness (QED) is 0.147. The predicted octanol–water partition coefficient (Wildman–Crippen LogP) is 16.8. The molecule has 9 aromatic rings. The van der Waals surface area contributed by atoms with Crippen molar-refractivity contribution < 1.29 is 4.11 Å². The maximum atomic E-state index is 9.25. The third-order valence-electron chi connectivity index (χ3n) is 16.0. The van der Waals surface area contributed by atoms with E-state index in [9.17, 15) is 4.11 Å². The number of aryl methyl sites for hydroxylation is 2. The zero-order valence-corrected chi connectivity index (χ0v) is 42.9. The maximum Gasteiger partial charge on any atom is 0.252 e. The van der Waals surface area contributed by atoms with E-state index in [1.54, 1.807) is 0 Å². The molecule has 3 nitrogen and oxygen atoms in total. The van der Waals surface area contributed by atoms with Gasteiger partial charge in [-0.3, -0.25) is 0 Å². The normalized spacial score (nSPS) is 15.8. The molecule has 0 spiro atoms. The first kappa shape index (κ1) is 42.2. The molecule has 0 radical (unpaired) electrons. The highest BCUT2D eigenvalue weighted by molar-refractivity contribution is 7.00. The average Bonchev–Trinajstić information content (AvgIpc) is 3.41. The number of anilines is 9. The Balaban J connectivity index is 1.23. The van der Waals surface area contributed by atoms with Crippen molar-refractivity contribution in [3.05, 3.63) is 228 Å². The Kier molecular flexibility index (Phi) is 9.98. The second kappa shape index (κ2) is 17.1. The second-order valence-electron chi connectivity index (χ2n) is 22.7. The van der Waals surface area contributed by atoms with Crippen LogP contribution in [0.1, 0.15) is 93.2 Å². The van der Waals surface area contributed by atoms with Crippen molar-refractivity contribution >= 4 is 74.3 Å². The van der Waals surface area contributed by atoms with E-state index in [1.807, 2.05) is 12.1 Å². The second-order valence-corrected chi connectivity index (χ2v) is 22.7. The Bertz CT molecular complexity index is 3620. The van der Waals surface area contributed by atoms with Crippen molar-refractivity contribution in [2.75, 3.05) is 14.7 Å². The molecule has 12 rings (SSSR count). The molecule has 354 valence electrons. The zero-order chi connectivity index (χ0) is 52.2. The van der Waals surface area contributed by atoms with Gasteiger partial charge in [0.1, 0.15) is 0 Å². The van der Waals surface area contributed by atoms with Crippen LogP contribution in [0.2, 0.25) is 0 Å². The molecule has 0 bridgehead atoms. The lowest BCUT2D eigenvalue weighted by molar-refractivity contribution is 0.332. The van der Waals surface area contributed by atoms with E-state index >= 15 is 0 Å². The molecule has 0 N–H and O–H groups in total. The summed E-state index contributed by atoms with van der Waals surface area (Å²) in [6, 6.07) is 72.2. The number of para-hydroxylation sites is 2. The standard InChI is InChI=1S/C68H64BN3/c1-45-38-63-65-64(39-45)72(60-34-31-50(66(3,4)5)41-54(60)48-24-16-11-17-25-48)62-44-56-55(67(6,7)36-37-68(56,8)9)43-58(62)69(65)57-42-53(70(51-26-18-12-19-27-51)52-28-20-13-21-29-52)32-35-61(57)71(63)59-33-30-49(40-46(59)2)47-22-14-10-15-23-47/h10-35,38-44H,36-37H2,1-9H3/i1D3. The van der Waals surface area contributed by atoms with Crippen molar-refractivity contribution in [3.8, 4) is 22.3 Å². The molecule has 0 unspecified atom stereocenters. The molecule has 0 aromatic heterocycles. The summed E-state index contributed by atoms with van der Waals surface area (Å²) < 4.78 is 27.8. The van der Waals surface area contributed by atoms with Crippen molar-refractivity contribution in [1.82, 2.24) is 0 Å². The fraction of sp³-hybridized carbons (Fsp3) is 0.206. The van der Waals surface area contributed by atoms with Crippen LogP contribution in [-0.2, 0) is 16.2 Å². The molecule has 0 atom stereocenters. The van der Waals surface area contributed by atoms with Crippen molar-refractivity contribution in [3.63, 3.8) is 0 Å². The summed E-state index contributed by atoms with van der Waals surface area (Å²) in [6.45, 7) is 16.0. The number of hydrogen-bond donors (Lipinski definition) is 0. The molecule has 0 amide bonds. The van der Waals surface area contributed by atoms with Crippen LogP contribution in [-0.4, -0.2) is 6.71 Å². The lowest BCUT2D eigenvalue weighted by atomic mass is 9.33. The third-order valence-corrected chi connectivity index (χ3v) is 16.0. The summed E-state index contributed by atoms with van der Waals surface area (Å²) in [6.07, 6.45) is 2.14. The van der Waals surface area contributed by atoms with Gasteiger partial charge in [-0.05, 0) is 189 Å². The number of rotatable bonds is 7. The van der Waals surface area contributed by atoms with Crippen LogP contribution in [0.5, 0.6) is 0 Å². The molecule has 3 aliphatic rings. The molecule has 2 heterocycles. The summed E-state index contributed by atoms with van der Waals surface area (Å²) in [4.78, 5) is 7.18. The fourth-order valence-corrected chi connectivity index (χ4v) is 12.1. The van der Waals surface area contributed by atoms with Gasteiger partial charge in [0, 0.05) is 55.2 Å². The molecule has 0 fully saturated rings. The monoisotopic (exact) mass is 937 g/mol.